The molecule has 1 aliphatic rings. The maximum absolute atomic E-state index is 12.3. The predicted molar refractivity (Wildman–Crippen MR) is 58.2 cm³/mol. The van der Waals surface area contributed by atoms with Gasteiger partial charge >= 0.3 is 6.18 Å². The van der Waals surface area contributed by atoms with Crippen LogP contribution in [0.25, 0.3) is 0 Å². The third-order valence-corrected chi connectivity index (χ3v) is 3.13. The average Bonchev–Trinajstić information content (AvgIpc) is 2.23. The van der Waals surface area contributed by atoms with Crippen molar-refractivity contribution >= 4 is 5.91 Å². The molecule has 17 heavy (non-hydrogen) atoms. The first-order valence-electron chi connectivity index (χ1n) is 5.94. The average molecular weight is 252 g/mol. The van der Waals surface area contributed by atoms with E-state index >= 15 is 0 Å². The van der Waals surface area contributed by atoms with Gasteiger partial charge in [-0.1, -0.05) is 6.42 Å². The SMILES string of the molecule is CCN(CC(F)(F)F)C(=O)C1CCCC(N)C1. The Balaban J connectivity index is 2.59. The number of nitrogens with two attached hydrogens (primary N) is 1. The molecule has 2 atom stereocenters. The molecular formula is C11H19F3N2O. The monoisotopic (exact) mass is 252 g/mol. The molecule has 0 saturated heterocycles. The van der Waals surface area contributed by atoms with E-state index in [0.717, 1.165) is 17.7 Å². The van der Waals surface area contributed by atoms with Gasteiger partial charge in [-0.25, -0.2) is 0 Å². The number of hydrogen-bond acceptors (Lipinski definition) is 2. The molecule has 1 saturated carbocycles. The molecule has 100 valence electrons. The normalized spacial score (nSPS) is 25.7. The zero-order chi connectivity index (χ0) is 13.1. The zero-order valence-corrected chi connectivity index (χ0v) is 9.96. The quantitative estimate of drug-likeness (QED) is 0.834. The fraction of sp³-hybridized carbons (Fsp3) is 0.909. The maximum Gasteiger partial charge on any atom is 0.406 e. The summed E-state index contributed by atoms with van der Waals surface area (Å²) in [4.78, 5) is 12.8. The summed E-state index contributed by atoms with van der Waals surface area (Å²) in [5, 5.41) is 0. The van der Waals surface area contributed by atoms with Crippen molar-refractivity contribution in [3.63, 3.8) is 0 Å². The lowest BCUT2D eigenvalue weighted by Crippen LogP contribution is -2.44. The fourth-order valence-electron chi connectivity index (χ4n) is 2.27. The summed E-state index contributed by atoms with van der Waals surface area (Å²) in [6.07, 6.45) is -1.49. The maximum atomic E-state index is 12.3. The van der Waals surface area contributed by atoms with Gasteiger partial charge in [-0.3, -0.25) is 4.79 Å². The van der Waals surface area contributed by atoms with Gasteiger partial charge < -0.3 is 10.6 Å². The lowest BCUT2D eigenvalue weighted by molar-refractivity contribution is -0.164. The number of carbonyl (C=O) groups excluding carboxylic acids is 1. The Kier molecular flexibility index (Phi) is 4.80. The van der Waals surface area contributed by atoms with Crippen molar-refractivity contribution in [2.75, 3.05) is 13.1 Å². The lowest BCUT2D eigenvalue weighted by Gasteiger charge is -2.31. The van der Waals surface area contributed by atoms with Crippen molar-refractivity contribution in [3.8, 4) is 0 Å². The van der Waals surface area contributed by atoms with Gasteiger partial charge in [0.2, 0.25) is 5.91 Å². The number of alkyl halides is 3. The van der Waals surface area contributed by atoms with Gasteiger partial charge in [-0.15, -0.1) is 0 Å². The minimum Gasteiger partial charge on any atom is -0.334 e. The smallest absolute Gasteiger partial charge is 0.334 e. The van der Waals surface area contributed by atoms with Crippen LogP contribution in [0, 0.1) is 5.92 Å². The van der Waals surface area contributed by atoms with Crippen molar-refractivity contribution in [2.24, 2.45) is 11.7 Å². The van der Waals surface area contributed by atoms with Crippen LogP contribution in [0.5, 0.6) is 0 Å². The Hall–Kier alpha value is -0.780. The van der Waals surface area contributed by atoms with Crippen LogP contribution in [-0.2, 0) is 4.79 Å². The molecule has 0 aromatic heterocycles. The van der Waals surface area contributed by atoms with Crippen molar-refractivity contribution in [2.45, 2.75) is 44.8 Å². The minimum atomic E-state index is -4.33. The van der Waals surface area contributed by atoms with E-state index in [-0.39, 0.29) is 18.5 Å². The second-order valence-electron chi connectivity index (χ2n) is 4.59. The van der Waals surface area contributed by atoms with Crippen molar-refractivity contribution in [1.29, 1.82) is 0 Å². The molecule has 1 fully saturated rings. The number of nitrogens with zero attached hydrogens (tertiary/aromatic N) is 1. The Morgan fingerprint density at radius 3 is 2.53 bits per heavy atom. The largest absolute Gasteiger partial charge is 0.406 e. The molecule has 3 nitrogen and oxygen atoms in total. The molecule has 1 rings (SSSR count). The predicted octanol–water partition coefficient (Wildman–Crippen LogP) is 1.91. The number of amides is 1. The van der Waals surface area contributed by atoms with Crippen LogP contribution >= 0.6 is 0 Å². The van der Waals surface area contributed by atoms with Gasteiger partial charge in [-0.2, -0.15) is 13.2 Å². The number of halogens is 3. The molecule has 1 amide bonds. The molecule has 2 N–H and O–H groups in total. The van der Waals surface area contributed by atoms with Crippen molar-refractivity contribution in [1.82, 2.24) is 4.90 Å². The van der Waals surface area contributed by atoms with E-state index < -0.39 is 18.6 Å². The number of hydrogen-bond donors (Lipinski definition) is 1. The highest BCUT2D eigenvalue weighted by Crippen LogP contribution is 2.26. The molecule has 6 heteroatoms. The summed E-state index contributed by atoms with van der Waals surface area (Å²) in [5.74, 6) is -0.735. The van der Waals surface area contributed by atoms with Crippen molar-refractivity contribution in [3.05, 3.63) is 0 Å². The van der Waals surface area contributed by atoms with Crippen LogP contribution in [0.3, 0.4) is 0 Å². The van der Waals surface area contributed by atoms with Gasteiger partial charge in [0, 0.05) is 18.5 Å². The highest BCUT2D eigenvalue weighted by Gasteiger charge is 2.35. The Labute approximate surface area is 99.1 Å². The summed E-state index contributed by atoms with van der Waals surface area (Å²) in [5.41, 5.74) is 5.74. The summed E-state index contributed by atoms with van der Waals surface area (Å²) >= 11 is 0. The second-order valence-corrected chi connectivity index (χ2v) is 4.59. The van der Waals surface area contributed by atoms with Gasteiger partial charge in [0.15, 0.2) is 0 Å². The van der Waals surface area contributed by atoms with Gasteiger partial charge in [-0.05, 0) is 26.2 Å². The first-order valence-corrected chi connectivity index (χ1v) is 5.94. The van der Waals surface area contributed by atoms with Gasteiger partial charge in [0.05, 0.1) is 0 Å². The summed E-state index contributed by atoms with van der Waals surface area (Å²) in [6.45, 7) is 0.491. The third kappa shape index (κ3) is 4.53. The second kappa shape index (κ2) is 5.71. The first-order chi connectivity index (χ1) is 7.83. The van der Waals surface area contributed by atoms with E-state index in [2.05, 4.69) is 0 Å². The standard InChI is InChI=1S/C11H19F3N2O/c1-2-16(7-11(12,13)14)10(17)8-4-3-5-9(15)6-8/h8-9H,2-7,15H2,1H3. The molecule has 0 aliphatic heterocycles. The fourth-order valence-corrected chi connectivity index (χ4v) is 2.27. The lowest BCUT2D eigenvalue weighted by atomic mass is 9.85. The molecule has 0 aromatic rings. The van der Waals surface area contributed by atoms with E-state index in [9.17, 15) is 18.0 Å². The van der Waals surface area contributed by atoms with E-state index in [1.807, 2.05) is 0 Å². The first kappa shape index (κ1) is 14.3. The molecule has 0 bridgehead atoms. The molecule has 0 spiro atoms. The van der Waals surface area contributed by atoms with Crippen molar-refractivity contribution < 1.29 is 18.0 Å². The third-order valence-electron chi connectivity index (χ3n) is 3.13. The van der Waals surface area contributed by atoms with Crippen LogP contribution in [0.4, 0.5) is 13.2 Å². The van der Waals surface area contributed by atoms with E-state index in [0.29, 0.717) is 12.8 Å². The molecular weight excluding hydrogens is 233 g/mol. The van der Waals surface area contributed by atoms with Crippen LogP contribution in [-0.4, -0.2) is 36.1 Å². The molecule has 0 radical (unpaired) electrons. The summed E-state index contributed by atoms with van der Waals surface area (Å²) in [6, 6.07) is -0.0534. The molecule has 0 aromatic carbocycles. The van der Waals surface area contributed by atoms with Crippen LogP contribution < -0.4 is 5.73 Å². The highest BCUT2D eigenvalue weighted by molar-refractivity contribution is 5.79. The van der Waals surface area contributed by atoms with Gasteiger partial charge in [0.1, 0.15) is 6.54 Å². The highest BCUT2D eigenvalue weighted by atomic mass is 19.4. The van der Waals surface area contributed by atoms with E-state index in [4.69, 9.17) is 5.73 Å². The number of carbonyl (C=O) groups is 1. The Bertz CT molecular complexity index is 268. The van der Waals surface area contributed by atoms with Crippen LogP contribution in [0.2, 0.25) is 0 Å². The Morgan fingerprint density at radius 2 is 2.06 bits per heavy atom. The van der Waals surface area contributed by atoms with Crippen LogP contribution in [0.1, 0.15) is 32.6 Å². The summed E-state index contributed by atoms with van der Waals surface area (Å²) < 4.78 is 36.8. The summed E-state index contributed by atoms with van der Waals surface area (Å²) in [7, 11) is 0. The topological polar surface area (TPSA) is 46.3 Å². The molecule has 2 unspecified atom stereocenters. The van der Waals surface area contributed by atoms with Gasteiger partial charge in [0.25, 0.3) is 0 Å². The number of rotatable bonds is 3. The van der Waals surface area contributed by atoms with E-state index in [1.165, 1.54) is 0 Å². The Morgan fingerprint density at radius 1 is 1.41 bits per heavy atom. The molecule has 1 aliphatic carbocycles. The molecule has 0 heterocycles. The zero-order valence-electron chi connectivity index (χ0n) is 9.96. The van der Waals surface area contributed by atoms with Crippen LogP contribution in [0.15, 0.2) is 0 Å². The van der Waals surface area contributed by atoms with E-state index in [1.54, 1.807) is 6.92 Å². The minimum absolute atomic E-state index is 0.0534.